The maximum atomic E-state index is 5.41. The van der Waals surface area contributed by atoms with Gasteiger partial charge in [-0.2, -0.15) is 0 Å². The molecule has 3 nitrogen and oxygen atoms in total. The number of aromatic nitrogens is 1. The van der Waals surface area contributed by atoms with E-state index in [1.807, 2.05) is 12.1 Å². The molecule has 0 amide bonds. The standard InChI is InChI=1S/C18H22N2O/c1-13(11-15-7-6-10-21-15)19-12-18-14(2)16-8-4-5-9-17(16)20(18)3/h4-10,13,19H,11-12H2,1-3H3. The van der Waals surface area contributed by atoms with Gasteiger partial charge in [0.05, 0.1) is 6.26 Å². The summed E-state index contributed by atoms with van der Waals surface area (Å²) in [5.74, 6) is 1.03. The molecule has 3 rings (SSSR count). The maximum Gasteiger partial charge on any atom is 0.105 e. The minimum Gasteiger partial charge on any atom is -0.469 e. The molecule has 0 aliphatic heterocycles. The second-order valence-electron chi connectivity index (χ2n) is 5.71. The van der Waals surface area contributed by atoms with Gasteiger partial charge in [-0.15, -0.1) is 0 Å². The minimum atomic E-state index is 0.383. The average molecular weight is 282 g/mol. The number of aryl methyl sites for hydroxylation is 2. The van der Waals surface area contributed by atoms with Crippen molar-refractivity contribution in [1.29, 1.82) is 0 Å². The van der Waals surface area contributed by atoms with Crippen LogP contribution >= 0.6 is 0 Å². The van der Waals surface area contributed by atoms with E-state index in [9.17, 15) is 0 Å². The first-order chi connectivity index (χ1) is 10.2. The second-order valence-corrected chi connectivity index (χ2v) is 5.71. The number of nitrogens with zero attached hydrogens (tertiary/aromatic N) is 1. The van der Waals surface area contributed by atoms with Crippen molar-refractivity contribution < 1.29 is 4.42 Å². The van der Waals surface area contributed by atoms with Crippen LogP contribution in [0.2, 0.25) is 0 Å². The van der Waals surface area contributed by atoms with E-state index in [0.29, 0.717) is 6.04 Å². The number of rotatable bonds is 5. The molecule has 1 unspecified atom stereocenters. The van der Waals surface area contributed by atoms with E-state index in [2.05, 4.69) is 55.0 Å². The van der Waals surface area contributed by atoms with Crippen molar-refractivity contribution in [3.05, 3.63) is 59.7 Å². The second kappa shape index (κ2) is 5.78. The van der Waals surface area contributed by atoms with E-state index in [4.69, 9.17) is 4.42 Å². The molecule has 3 aromatic rings. The van der Waals surface area contributed by atoms with Gasteiger partial charge in [-0.05, 0) is 37.6 Å². The van der Waals surface area contributed by atoms with Crippen LogP contribution in [0.25, 0.3) is 10.9 Å². The SMILES string of the molecule is Cc1c(CNC(C)Cc2ccco2)n(C)c2ccccc12. The zero-order valence-corrected chi connectivity index (χ0v) is 12.9. The summed E-state index contributed by atoms with van der Waals surface area (Å²) in [7, 11) is 2.14. The largest absolute Gasteiger partial charge is 0.469 e. The molecular formula is C18H22N2O. The Kier molecular flexibility index (Phi) is 3.84. The Balaban J connectivity index is 1.73. The lowest BCUT2D eigenvalue weighted by Gasteiger charge is -2.14. The Morgan fingerprint density at radius 2 is 2.00 bits per heavy atom. The molecule has 2 aromatic heterocycles. The highest BCUT2D eigenvalue weighted by molar-refractivity contribution is 5.85. The number of furan rings is 1. The molecule has 2 heterocycles. The molecule has 0 aliphatic rings. The van der Waals surface area contributed by atoms with Crippen LogP contribution in [0.1, 0.15) is 23.9 Å². The quantitative estimate of drug-likeness (QED) is 0.771. The van der Waals surface area contributed by atoms with Crippen LogP contribution in [-0.2, 0) is 20.0 Å². The van der Waals surface area contributed by atoms with Crippen LogP contribution < -0.4 is 5.32 Å². The fourth-order valence-corrected chi connectivity index (χ4v) is 2.96. The van der Waals surface area contributed by atoms with Crippen molar-refractivity contribution in [2.75, 3.05) is 0 Å². The molecule has 0 radical (unpaired) electrons. The Hall–Kier alpha value is -2.00. The first kappa shape index (κ1) is 14.0. The van der Waals surface area contributed by atoms with Crippen LogP contribution in [0.15, 0.2) is 47.1 Å². The molecule has 0 fully saturated rings. The number of hydrogen-bond donors (Lipinski definition) is 1. The third kappa shape index (κ3) is 2.74. The fourth-order valence-electron chi connectivity index (χ4n) is 2.96. The highest BCUT2D eigenvalue weighted by Crippen LogP contribution is 2.24. The highest BCUT2D eigenvalue weighted by atomic mass is 16.3. The third-order valence-corrected chi connectivity index (χ3v) is 4.21. The molecule has 21 heavy (non-hydrogen) atoms. The molecule has 0 bridgehead atoms. The lowest BCUT2D eigenvalue weighted by Crippen LogP contribution is -2.28. The van der Waals surface area contributed by atoms with Crippen LogP contribution in [0.5, 0.6) is 0 Å². The fraction of sp³-hybridized carbons (Fsp3) is 0.333. The molecule has 0 saturated heterocycles. The summed E-state index contributed by atoms with van der Waals surface area (Å²) in [6, 6.07) is 12.9. The van der Waals surface area contributed by atoms with E-state index in [-0.39, 0.29) is 0 Å². The Morgan fingerprint density at radius 3 is 2.71 bits per heavy atom. The maximum absolute atomic E-state index is 5.41. The van der Waals surface area contributed by atoms with Gasteiger partial charge >= 0.3 is 0 Å². The van der Waals surface area contributed by atoms with Gasteiger partial charge < -0.3 is 14.3 Å². The van der Waals surface area contributed by atoms with E-state index in [1.165, 1.54) is 22.2 Å². The molecule has 0 spiro atoms. The van der Waals surface area contributed by atoms with Gasteiger partial charge in [0, 0.05) is 42.7 Å². The molecule has 110 valence electrons. The summed E-state index contributed by atoms with van der Waals surface area (Å²) in [5.41, 5.74) is 4.01. The monoisotopic (exact) mass is 282 g/mol. The Labute approximate surface area is 125 Å². The van der Waals surface area contributed by atoms with Crippen molar-refractivity contribution in [2.24, 2.45) is 7.05 Å². The van der Waals surface area contributed by atoms with Crippen LogP contribution in [0, 0.1) is 6.92 Å². The van der Waals surface area contributed by atoms with Crippen molar-refractivity contribution in [3.8, 4) is 0 Å². The van der Waals surface area contributed by atoms with Crippen LogP contribution in [-0.4, -0.2) is 10.6 Å². The van der Waals surface area contributed by atoms with Crippen LogP contribution in [0.4, 0.5) is 0 Å². The summed E-state index contributed by atoms with van der Waals surface area (Å²) in [6.45, 7) is 5.27. The highest BCUT2D eigenvalue weighted by Gasteiger charge is 2.12. The topological polar surface area (TPSA) is 30.1 Å². The predicted molar refractivity (Wildman–Crippen MR) is 86.4 cm³/mol. The molecule has 0 saturated carbocycles. The predicted octanol–water partition coefficient (Wildman–Crippen LogP) is 3.80. The van der Waals surface area contributed by atoms with Gasteiger partial charge in [0.25, 0.3) is 0 Å². The molecule has 1 atom stereocenters. The Morgan fingerprint density at radius 1 is 1.19 bits per heavy atom. The van der Waals surface area contributed by atoms with Gasteiger partial charge in [-0.3, -0.25) is 0 Å². The third-order valence-electron chi connectivity index (χ3n) is 4.21. The van der Waals surface area contributed by atoms with E-state index < -0.39 is 0 Å². The molecule has 1 aromatic carbocycles. The molecule has 1 N–H and O–H groups in total. The first-order valence-corrected chi connectivity index (χ1v) is 7.45. The Bertz CT molecular complexity index is 686. The number of nitrogens with one attached hydrogen (secondary N) is 1. The smallest absolute Gasteiger partial charge is 0.105 e. The van der Waals surface area contributed by atoms with Crippen molar-refractivity contribution in [2.45, 2.75) is 32.9 Å². The van der Waals surface area contributed by atoms with Gasteiger partial charge in [-0.25, -0.2) is 0 Å². The van der Waals surface area contributed by atoms with Gasteiger partial charge in [0.15, 0.2) is 0 Å². The number of benzene rings is 1. The van der Waals surface area contributed by atoms with Crippen LogP contribution in [0.3, 0.4) is 0 Å². The van der Waals surface area contributed by atoms with Crippen molar-refractivity contribution in [1.82, 2.24) is 9.88 Å². The molecule has 0 aliphatic carbocycles. The van der Waals surface area contributed by atoms with E-state index >= 15 is 0 Å². The molecular weight excluding hydrogens is 260 g/mol. The minimum absolute atomic E-state index is 0.383. The summed E-state index contributed by atoms with van der Waals surface area (Å²) >= 11 is 0. The number of para-hydroxylation sites is 1. The van der Waals surface area contributed by atoms with Gasteiger partial charge in [0.1, 0.15) is 5.76 Å². The zero-order valence-electron chi connectivity index (χ0n) is 12.9. The lowest BCUT2D eigenvalue weighted by atomic mass is 10.1. The normalized spacial score (nSPS) is 12.9. The van der Waals surface area contributed by atoms with E-state index in [1.54, 1.807) is 6.26 Å². The lowest BCUT2D eigenvalue weighted by molar-refractivity contribution is 0.453. The van der Waals surface area contributed by atoms with Gasteiger partial charge in [-0.1, -0.05) is 18.2 Å². The van der Waals surface area contributed by atoms with E-state index in [0.717, 1.165) is 18.7 Å². The number of fused-ring (bicyclic) bond motifs is 1. The summed E-state index contributed by atoms with van der Waals surface area (Å²) < 4.78 is 7.70. The first-order valence-electron chi connectivity index (χ1n) is 7.45. The average Bonchev–Trinajstić information content (AvgIpc) is 3.07. The number of hydrogen-bond acceptors (Lipinski definition) is 2. The summed E-state index contributed by atoms with van der Waals surface area (Å²) in [4.78, 5) is 0. The molecule has 3 heteroatoms. The summed E-state index contributed by atoms with van der Waals surface area (Å²) in [5, 5.41) is 4.94. The summed E-state index contributed by atoms with van der Waals surface area (Å²) in [6.07, 6.45) is 2.64. The van der Waals surface area contributed by atoms with Crippen molar-refractivity contribution >= 4 is 10.9 Å². The zero-order chi connectivity index (χ0) is 14.8. The van der Waals surface area contributed by atoms with Crippen molar-refractivity contribution in [3.63, 3.8) is 0 Å². The van der Waals surface area contributed by atoms with Gasteiger partial charge in [0.2, 0.25) is 0 Å².